The Morgan fingerprint density at radius 3 is 2.71 bits per heavy atom. The summed E-state index contributed by atoms with van der Waals surface area (Å²) in [6.45, 7) is 12.3. The third-order valence-electron chi connectivity index (χ3n) is 4.67. The van der Waals surface area contributed by atoms with Gasteiger partial charge < -0.3 is 20.5 Å². The fourth-order valence-corrected chi connectivity index (χ4v) is 3.26. The summed E-state index contributed by atoms with van der Waals surface area (Å²) in [5, 5.41) is 17.2. The number of piperidine rings is 1. The maximum atomic E-state index is 10.4. The van der Waals surface area contributed by atoms with Crippen LogP contribution in [0.5, 0.6) is 5.75 Å². The normalized spacial score (nSPS) is 16.8. The zero-order valence-corrected chi connectivity index (χ0v) is 19.6. The van der Waals surface area contributed by atoms with Gasteiger partial charge in [-0.3, -0.25) is 9.89 Å². The number of benzene rings is 1. The summed E-state index contributed by atoms with van der Waals surface area (Å²) in [6, 6.07) is 7.88. The zero-order chi connectivity index (χ0) is 19.6. The lowest BCUT2D eigenvalue weighted by atomic mass is 10.0. The Balaban J connectivity index is 0.00000392. The van der Waals surface area contributed by atoms with Gasteiger partial charge in [0, 0.05) is 32.2 Å². The van der Waals surface area contributed by atoms with Gasteiger partial charge in [-0.15, -0.1) is 24.0 Å². The number of nitrogens with zero attached hydrogens (tertiary/aromatic N) is 2. The van der Waals surface area contributed by atoms with Crippen molar-refractivity contribution in [2.75, 3.05) is 39.8 Å². The monoisotopic (exact) mass is 502 g/mol. The SMILES string of the molecule is C=C(C)CN1CCC(NC(=NCC(O)c2cccc(OC)c2)NCC)CC1.I. The summed E-state index contributed by atoms with van der Waals surface area (Å²) in [7, 11) is 1.62. The Morgan fingerprint density at radius 2 is 2.11 bits per heavy atom. The van der Waals surface area contributed by atoms with E-state index < -0.39 is 6.10 Å². The van der Waals surface area contributed by atoms with Crippen molar-refractivity contribution in [3.8, 4) is 5.75 Å². The molecule has 1 aliphatic rings. The highest BCUT2D eigenvalue weighted by Gasteiger charge is 2.20. The van der Waals surface area contributed by atoms with Gasteiger partial charge in [0.05, 0.1) is 19.8 Å². The first-order chi connectivity index (χ1) is 13.0. The van der Waals surface area contributed by atoms with E-state index in [4.69, 9.17) is 4.74 Å². The second-order valence-corrected chi connectivity index (χ2v) is 7.16. The molecule has 1 atom stereocenters. The fraction of sp³-hybridized carbons (Fsp3) is 0.571. The third-order valence-corrected chi connectivity index (χ3v) is 4.67. The number of halogens is 1. The average Bonchev–Trinajstić information content (AvgIpc) is 2.67. The number of methoxy groups -OCH3 is 1. The Hall–Kier alpha value is -1.32. The van der Waals surface area contributed by atoms with Crippen LogP contribution in [0.1, 0.15) is 38.4 Å². The third kappa shape index (κ3) is 8.36. The Bertz CT molecular complexity index is 631. The molecule has 1 aliphatic heterocycles. The fourth-order valence-electron chi connectivity index (χ4n) is 3.26. The Kier molecular flexibility index (Phi) is 11.5. The van der Waals surface area contributed by atoms with Crippen molar-refractivity contribution in [2.45, 2.75) is 38.8 Å². The van der Waals surface area contributed by atoms with Crippen molar-refractivity contribution in [1.82, 2.24) is 15.5 Å². The molecule has 158 valence electrons. The van der Waals surface area contributed by atoms with E-state index in [2.05, 4.69) is 34.0 Å². The molecule has 1 aromatic carbocycles. The van der Waals surface area contributed by atoms with Crippen LogP contribution < -0.4 is 15.4 Å². The second-order valence-electron chi connectivity index (χ2n) is 7.16. The number of rotatable bonds is 8. The van der Waals surface area contributed by atoms with Gasteiger partial charge in [-0.2, -0.15) is 0 Å². The van der Waals surface area contributed by atoms with Gasteiger partial charge in [-0.05, 0) is 44.4 Å². The smallest absolute Gasteiger partial charge is 0.191 e. The molecule has 0 radical (unpaired) electrons. The minimum atomic E-state index is -0.659. The number of nitrogens with one attached hydrogen (secondary N) is 2. The molecule has 7 heteroatoms. The first kappa shape index (κ1) is 24.7. The molecule has 0 amide bonds. The van der Waals surface area contributed by atoms with Gasteiger partial charge in [-0.25, -0.2) is 0 Å². The predicted molar refractivity (Wildman–Crippen MR) is 127 cm³/mol. The van der Waals surface area contributed by atoms with Gasteiger partial charge in [0.25, 0.3) is 0 Å². The number of likely N-dealkylation sites (tertiary alicyclic amines) is 1. The summed E-state index contributed by atoms with van der Waals surface area (Å²) in [4.78, 5) is 7.02. The highest BCUT2D eigenvalue weighted by atomic mass is 127. The molecule has 0 aromatic heterocycles. The molecule has 2 rings (SSSR count). The molecule has 1 unspecified atom stereocenters. The van der Waals surface area contributed by atoms with Crippen molar-refractivity contribution >= 4 is 29.9 Å². The summed E-state index contributed by atoms with van der Waals surface area (Å²) >= 11 is 0. The lowest BCUT2D eigenvalue weighted by molar-refractivity contribution is 0.186. The molecule has 6 nitrogen and oxygen atoms in total. The van der Waals surface area contributed by atoms with E-state index in [-0.39, 0.29) is 24.0 Å². The number of hydrogen-bond acceptors (Lipinski definition) is 4. The van der Waals surface area contributed by atoms with Crippen molar-refractivity contribution < 1.29 is 9.84 Å². The lowest BCUT2D eigenvalue weighted by Gasteiger charge is -2.33. The molecule has 1 aromatic rings. The summed E-state index contributed by atoms with van der Waals surface area (Å²) in [5.74, 6) is 1.50. The van der Waals surface area contributed by atoms with Gasteiger partial charge in [0.15, 0.2) is 5.96 Å². The molecule has 28 heavy (non-hydrogen) atoms. The van der Waals surface area contributed by atoms with Crippen LogP contribution in [0.4, 0.5) is 0 Å². The minimum Gasteiger partial charge on any atom is -0.497 e. The van der Waals surface area contributed by atoms with E-state index in [0.29, 0.717) is 12.6 Å². The van der Waals surface area contributed by atoms with Gasteiger partial charge >= 0.3 is 0 Å². The number of aliphatic hydroxyl groups excluding tert-OH is 1. The van der Waals surface area contributed by atoms with Crippen LogP contribution in [0.3, 0.4) is 0 Å². The number of aliphatic hydroxyl groups is 1. The molecular formula is C21H35IN4O2. The predicted octanol–water partition coefficient (Wildman–Crippen LogP) is 2.94. The number of ether oxygens (including phenoxy) is 1. The van der Waals surface area contributed by atoms with Crippen molar-refractivity contribution in [3.05, 3.63) is 42.0 Å². The quantitative estimate of drug-likeness (QED) is 0.221. The van der Waals surface area contributed by atoms with E-state index in [1.165, 1.54) is 5.57 Å². The van der Waals surface area contributed by atoms with Crippen LogP contribution in [-0.4, -0.2) is 61.8 Å². The van der Waals surface area contributed by atoms with E-state index in [1.54, 1.807) is 7.11 Å². The zero-order valence-electron chi connectivity index (χ0n) is 17.3. The standard InChI is InChI=1S/C21H34N4O2.HI/c1-5-22-21(24-18-9-11-25(12-10-18)15-16(2)3)23-14-20(26)17-7-6-8-19(13-17)27-4;/h6-8,13,18,20,26H,2,5,9-12,14-15H2,1,3-4H3,(H2,22,23,24);1H. The van der Waals surface area contributed by atoms with E-state index >= 15 is 0 Å². The van der Waals surface area contributed by atoms with Crippen LogP contribution in [0.25, 0.3) is 0 Å². The van der Waals surface area contributed by atoms with Crippen LogP contribution in [0.15, 0.2) is 41.4 Å². The topological polar surface area (TPSA) is 69.1 Å². The highest BCUT2D eigenvalue weighted by molar-refractivity contribution is 14.0. The highest BCUT2D eigenvalue weighted by Crippen LogP contribution is 2.19. The van der Waals surface area contributed by atoms with E-state index in [9.17, 15) is 5.11 Å². The molecule has 0 saturated carbocycles. The van der Waals surface area contributed by atoms with Crippen LogP contribution in [-0.2, 0) is 0 Å². The first-order valence-corrected chi connectivity index (χ1v) is 9.75. The molecule has 1 heterocycles. The molecule has 1 saturated heterocycles. The summed E-state index contributed by atoms with van der Waals surface area (Å²) < 4.78 is 5.22. The molecule has 0 spiro atoms. The van der Waals surface area contributed by atoms with Crippen LogP contribution >= 0.6 is 24.0 Å². The molecule has 3 N–H and O–H groups in total. The van der Waals surface area contributed by atoms with Crippen molar-refractivity contribution in [1.29, 1.82) is 0 Å². The van der Waals surface area contributed by atoms with Crippen LogP contribution in [0.2, 0.25) is 0 Å². The largest absolute Gasteiger partial charge is 0.497 e. The Morgan fingerprint density at radius 1 is 1.39 bits per heavy atom. The first-order valence-electron chi connectivity index (χ1n) is 9.75. The number of guanidine groups is 1. The maximum absolute atomic E-state index is 10.4. The van der Waals surface area contributed by atoms with Crippen molar-refractivity contribution in [2.24, 2.45) is 4.99 Å². The van der Waals surface area contributed by atoms with Gasteiger partial charge in [0.1, 0.15) is 5.75 Å². The molecule has 0 aliphatic carbocycles. The molecular weight excluding hydrogens is 467 g/mol. The summed E-state index contributed by atoms with van der Waals surface area (Å²) in [6.07, 6.45) is 1.50. The van der Waals surface area contributed by atoms with Gasteiger partial charge in [0.2, 0.25) is 0 Å². The number of hydrogen-bond donors (Lipinski definition) is 3. The maximum Gasteiger partial charge on any atom is 0.191 e. The lowest BCUT2D eigenvalue weighted by Crippen LogP contribution is -2.49. The Labute approximate surface area is 186 Å². The summed E-state index contributed by atoms with van der Waals surface area (Å²) in [5.41, 5.74) is 2.02. The molecule has 0 bridgehead atoms. The average molecular weight is 502 g/mol. The van der Waals surface area contributed by atoms with E-state index in [0.717, 1.165) is 56.3 Å². The number of aliphatic imine (C=N–C) groups is 1. The minimum absolute atomic E-state index is 0. The van der Waals surface area contributed by atoms with E-state index in [1.807, 2.05) is 31.2 Å². The van der Waals surface area contributed by atoms with Crippen LogP contribution in [0, 0.1) is 0 Å². The second kappa shape index (κ2) is 13.0. The van der Waals surface area contributed by atoms with Gasteiger partial charge in [-0.1, -0.05) is 24.3 Å². The van der Waals surface area contributed by atoms with Crippen molar-refractivity contribution in [3.63, 3.8) is 0 Å². The molecule has 1 fully saturated rings.